The van der Waals surface area contributed by atoms with Gasteiger partial charge in [-0.05, 0) is 44.2 Å². The largest absolute Gasteiger partial charge is 0.416 e. The number of nitrogens with zero attached hydrogens (tertiary/aromatic N) is 4. The highest BCUT2D eigenvalue weighted by Crippen LogP contribution is 2.32. The van der Waals surface area contributed by atoms with Crippen molar-refractivity contribution in [2.75, 3.05) is 5.43 Å². The first-order chi connectivity index (χ1) is 15.0. The molecule has 0 aliphatic heterocycles. The second kappa shape index (κ2) is 8.49. The number of nitro groups is 2. The van der Waals surface area contributed by atoms with E-state index in [0.717, 1.165) is 24.3 Å². The number of hydrogen-bond acceptors (Lipinski definition) is 6. The number of alkyl halides is 3. The van der Waals surface area contributed by atoms with Crippen LogP contribution in [0, 0.1) is 34.1 Å². The van der Waals surface area contributed by atoms with Gasteiger partial charge in [-0.25, -0.2) is 0 Å². The molecule has 0 aliphatic rings. The van der Waals surface area contributed by atoms with Gasteiger partial charge in [-0.3, -0.25) is 25.7 Å². The minimum atomic E-state index is -4.47. The number of rotatable bonds is 6. The zero-order valence-corrected chi connectivity index (χ0v) is 16.8. The molecular formula is C20H16F3N5O4. The molecular weight excluding hydrogens is 431 g/mol. The van der Waals surface area contributed by atoms with E-state index in [1.807, 2.05) is 0 Å². The van der Waals surface area contributed by atoms with Crippen molar-refractivity contribution in [3.8, 4) is 5.69 Å². The SMILES string of the molecule is Cc1cc(/C=N/Nc2ccc([N+](=O)[O-])cc2[N+](=O)[O-])c(C)n1-c1cccc(C(F)(F)F)c1. The molecule has 0 spiro atoms. The Morgan fingerprint density at radius 2 is 1.75 bits per heavy atom. The van der Waals surface area contributed by atoms with E-state index in [2.05, 4.69) is 10.5 Å². The van der Waals surface area contributed by atoms with E-state index in [9.17, 15) is 33.4 Å². The zero-order valence-electron chi connectivity index (χ0n) is 16.8. The lowest BCUT2D eigenvalue weighted by Gasteiger charge is -2.13. The number of hydrazone groups is 1. The van der Waals surface area contributed by atoms with Crippen LogP contribution in [0.4, 0.5) is 30.2 Å². The maximum Gasteiger partial charge on any atom is 0.416 e. The molecule has 1 heterocycles. The molecule has 0 saturated heterocycles. The van der Waals surface area contributed by atoms with Gasteiger partial charge in [-0.15, -0.1) is 0 Å². The lowest BCUT2D eigenvalue weighted by Crippen LogP contribution is -2.07. The van der Waals surface area contributed by atoms with Crippen molar-refractivity contribution >= 4 is 23.3 Å². The third-order valence-electron chi connectivity index (χ3n) is 4.68. The van der Waals surface area contributed by atoms with Crippen molar-refractivity contribution in [3.05, 3.63) is 91.3 Å². The molecule has 0 saturated carbocycles. The van der Waals surface area contributed by atoms with Gasteiger partial charge in [0.05, 0.1) is 27.7 Å². The Kier molecular flexibility index (Phi) is 5.96. The Bertz CT molecular complexity index is 1230. The quantitative estimate of drug-likeness (QED) is 0.310. The lowest BCUT2D eigenvalue weighted by molar-refractivity contribution is -0.393. The lowest BCUT2D eigenvalue weighted by atomic mass is 10.2. The third-order valence-corrected chi connectivity index (χ3v) is 4.68. The molecule has 0 fully saturated rings. The predicted octanol–water partition coefficient (Wildman–Crippen LogP) is 5.38. The Morgan fingerprint density at radius 1 is 1.03 bits per heavy atom. The summed E-state index contributed by atoms with van der Waals surface area (Å²) in [5.41, 5.74) is 2.85. The van der Waals surface area contributed by atoms with Gasteiger partial charge in [0.1, 0.15) is 5.69 Å². The normalized spacial score (nSPS) is 11.7. The van der Waals surface area contributed by atoms with E-state index in [-0.39, 0.29) is 5.69 Å². The summed E-state index contributed by atoms with van der Waals surface area (Å²) in [5.74, 6) is 0. The molecule has 2 aromatic carbocycles. The zero-order chi connectivity index (χ0) is 23.6. The molecule has 0 unspecified atom stereocenters. The average molecular weight is 447 g/mol. The van der Waals surface area contributed by atoms with Gasteiger partial charge >= 0.3 is 11.9 Å². The number of non-ortho nitro benzene ring substituents is 1. The second-order valence-electron chi connectivity index (χ2n) is 6.80. The predicted molar refractivity (Wildman–Crippen MR) is 111 cm³/mol. The molecule has 166 valence electrons. The summed E-state index contributed by atoms with van der Waals surface area (Å²) in [6.45, 7) is 3.42. The molecule has 0 amide bonds. The fraction of sp³-hybridized carbons (Fsp3) is 0.150. The van der Waals surface area contributed by atoms with Crippen molar-refractivity contribution in [1.82, 2.24) is 4.57 Å². The first-order valence-electron chi connectivity index (χ1n) is 9.07. The Labute approximate surface area is 179 Å². The molecule has 0 radical (unpaired) electrons. The highest BCUT2D eigenvalue weighted by atomic mass is 19.4. The number of anilines is 1. The van der Waals surface area contributed by atoms with E-state index >= 15 is 0 Å². The molecule has 1 aromatic heterocycles. The smallest absolute Gasteiger partial charge is 0.318 e. The van der Waals surface area contributed by atoms with Crippen LogP contribution in [0.25, 0.3) is 5.69 Å². The van der Waals surface area contributed by atoms with Crippen LogP contribution in [-0.2, 0) is 6.18 Å². The number of nitrogens with one attached hydrogen (secondary N) is 1. The molecule has 0 atom stereocenters. The summed E-state index contributed by atoms with van der Waals surface area (Å²) in [6, 6.07) is 9.68. The number of hydrogen-bond donors (Lipinski definition) is 1. The molecule has 1 N–H and O–H groups in total. The summed E-state index contributed by atoms with van der Waals surface area (Å²) >= 11 is 0. The van der Waals surface area contributed by atoms with Gasteiger partial charge in [0.2, 0.25) is 0 Å². The minimum Gasteiger partial charge on any atom is -0.318 e. The van der Waals surface area contributed by atoms with Crippen molar-refractivity contribution in [2.45, 2.75) is 20.0 Å². The number of aromatic nitrogens is 1. The second-order valence-corrected chi connectivity index (χ2v) is 6.80. The van der Waals surface area contributed by atoms with E-state index in [1.165, 1.54) is 18.3 Å². The summed E-state index contributed by atoms with van der Waals surface area (Å²) in [6.07, 6.45) is -3.11. The first kappa shape index (κ1) is 22.5. The van der Waals surface area contributed by atoms with Crippen LogP contribution < -0.4 is 5.43 Å². The minimum absolute atomic E-state index is 0.0523. The Balaban J connectivity index is 1.90. The molecule has 3 rings (SSSR count). The van der Waals surface area contributed by atoms with E-state index in [0.29, 0.717) is 22.6 Å². The van der Waals surface area contributed by atoms with Crippen LogP contribution in [0.1, 0.15) is 22.5 Å². The summed E-state index contributed by atoms with van der Waals surface area (Å²) < 4.78 is 40.8. The molecule has 12 heteroatoms. The van der Waals surface area contributed by atoms with Crippen molar-refractivity contribution in [1.29, 1.82) is 0 Å². The van der Waals surface area contributed by atoms with Crippen molar-refractivity contribution in [2.24, 2.45) is 5.10 Å². The maximum atomic E-state index is 13.1. The Morgan fingerprint density at radius 3 is 2.38 bits per heavy atom. The highest BCUT2D eigenvalue weighted by molar-refractivity contribution is 5.83. The summed E-state index contributed by atoms with van der Waals surface area (Å²) in [4.78, 5) is 20.5. The standard InChI is InChI=1S/C20H16F3N5O4/c1-12-8-14(13(2)26(12)16-5-3-4-15(9-16)20(21,22)23)11-24-25-18-7-6-17(27(29)30)10-19(18)28(31)32/h3-11,25H,1-2H3/b24-11+. The van der Waals surface area contributed by atoms with Crippen LogP contribution in [0.2, 0.25) is 0 Å². The van der Waals surface area contributed by atoms with Crippen LogP contribution >= 0.6 is 0 Å². The van der Waals surface area contributed by atoms with E-state index in [4.69, 9.17) is 0 Å². The molecule has 9 nitrogen and oxygen atoms in total. The number of benzene rings is 2. The van der Waals surface area contributed by atoms with Crippen LogP contribution in [-0.4, -0.2) is 20.6 Å². The Hall–Kier alpha value is -4.22. The van der Waals surface area contributed by atoms with E-state index in [1.54, 1.807) is 30.5 Å². The molecule has 3 aromatic rings. The topological polar surface area (TPSA) is 116 Å². The molecule has 0 bridgehead atoms. The van der Waals surface area contributed by atoms with Gasteiger partial charge in [0, 0.05) is 28.7 Å². The third kappa shape index (κ3) is 4.58. The van der Waals surface area contributed by atoms with Crippen LogP contribution in [0.5, 0.6) is 0 Å². The fourth-order valence-corrected chi connectivity index (χ4v) is 3.19. The number of halogens is 3. The summed E-state index contributed by atoms with van der Waals surface area (Å²) in [5, 5.41) is 26.0. The molecule has 32 heavy (non-hydrogen) atoms. The number of nitro benzene ring substituents is 2. The van der Waals surface area contributed by atoms with Crippen molar-refractivity contribution < 1.29 is 23.0 Å². The van der Waals surface area contributed by atoms with Gasteiger partial charge in [-0.2, -0.15) is 18.3 Å². The van der Waals surface area contributed by atoms with Crippen LogP contribution in [0.3, 0.4) is 0 Å². The van der Waals surface area contributed by atoms with E-state index < -0.39 is 33.0 Å². The van der Waals surface area contributed by atoms with Crippen LogP contribution in [0.15, 0.2) is 53.6 Å². The first-order valence-corrected chi connectivity index (χ1v) is 9.07. The highest BCUT2D eigenvalue weighted by Gasteiger charge is 2.30. The summed E-state index contributed by atoms with van der Waals surface area (Å²) in [7, 11) is 0. The van der Waals surface area contributed by atoms with Crippen molar-refractivity contribution in [3.63, 3.8) is 0 Å². The fourth-order valence-electron chi connectivity index (χ4n) is 3.19. The maximum absolute atomic E-state index is 13.1. The van der Waals surface area contributed by atoms with Gasteiger partial charge in [-0.1, -0.05) is 6.07 Å². The van der Waals surface area contributed by atoms with Gasteiger partial charge in [0.15, 0.2) is 0 Å². The van der Waals surface area contributed by atoms with Gasteiger partial charge in [0.25, 0.3) is 5.69 Å². The monoisotopic (exact) mass is 447 g/mol. The molecule has 0 aliphatic carbocycles. The van der Waals surface area contributed by atoms with Gasteiger partial charge < -0.3 is 4.57 Å². The average Bonchev–Trinajstić information content (AvgIpc) is 3.00. The number of aryl methyl sites for hydroxylation is 1.